The molecule has 0 N–H and O–H groups in total. The fourth-order valence-corrected chi connectivity index (χ4v) is 3.93. The van der Waals surface area contributed by atoms with Gasteiger partial charge in [0, 0.05) is 30.5 Å². The van der Waals surface area contributed by atoms with Crippen molar-refractivity contribution in [2.75, 3.05) is 0 Å². The second-order valence-corrected chi connectivity index (χ2v) is 8.02. The molecule has 150 valence electrons. The number of nitrogens with zero attached hydrogens (tertiary/aromatic N) is 3. The Hall–Kier alpha value is -2.95. The fourth-order valence-electron chi connectivity index (χ4n) is 3.93. The lowest BCUT2D eigenvalue weighted by Gasteiger charge is -2.23. The van der Waals surface area contributed by atoms with Crippen LogP contribution >= 0.6 is 0 Å². The summed E-state index contributed by atoms with van der Waals surface area (Å²) in [6.45, 7) is 7.58. The number of aryl methyl sites for hydroxylation is 3. The minimum atomic E-state index is -0.334. The summed E-state index contributed by atoms with van der Waals surface area (Å²) in [4.78, 5) is 19.5. The maximum atomic E-state index is 13.2. The number of carbonyl (C=O) groups excluding carboxylic acids is 1. The van der Waals surface area contributed by atoms with Crippen LogP contribution in [0, 0.1) is 26.6 Å². The van der Waals surface area contributed by atoms with Gasteiger partial charge in [0.1, 0.15) is 11.6 Å². The third kappa shape index (κ3) is 4.24. The van der Waals surface area contributed by atoms with E-state index in [2.05, 4.69) is 42.5 Å². The zero-order chi connectivity index (χ0) is 20.5. The van der Waals surface area contributed by atoms with E-state index in [1.165, 1.54) is 34.4 Å². The molecule has 0 unspecified atom stereocenters. The van der Waals surface area contributed by atoms with Gasteiger partial charge in [0.05, 0.1) is 6.54 Å². The topological polar surface area (TPSA) is 38.1 Å². The number of hydrogen-bond acceptors (Lipinski definition) is 2. The Kier molecular flexibility index (Phi) is 5.22. The highest BCUT2D eigenvalue weighted by Gasteiger charge is 2.34. The van der Waals surface area contributed by atoms with Crippen molar-refractivity contribution in [2.24, 2.45) is 0 Å². The van der Waals surface area contributed by atoms with Gasteiger partial charge in [0.15, 0.2) is 0 Å². The van der Waals surface area contributed by atoms with Crippen molar-refractivity contribution in [3.63, 3.8) is 0 Å². The Morgan fingerprint density at radius 2 is 1.79 bits per heavy atom. The highest BCUT2D eigenvalue weighted by Crippen LogP contribution is 2.30. The molecule has 0 aliphatic heterocycles. The second-order valence-electron chi connectivity index (χ2n) is 8.02. The van der Waals surface area contributed by atoms with Crippen LogP contribution in [0.2, 0.25) is 0 Å². The third-order valence-electron chi connectivity index (χ3n) is 5.62. The third-order valence-corrected chi connectivity index (χ3v) is 5.62. The summed E-state index contributed by atoms with van der Waals surface area (Å²) in [7, 11) is 0. The first-order valence-electron chi connectivity index (χ1n) is 10.1. The molecule has 0 radical (unpaired) electrons. The van der Waals surface area contributed by atoms with E-state index in [1.54, 1.807) is 18.3 Å². The van der Waals surface area contributed by atoms with E-state index in [-0.39, 0.29) is 17.8 Å². The summed E-state index contributed by atoms with van der Waals surface area (Å²) in [6, 6.07) is 10.4. The molecular formula is C24H26FN3O. The molecule has 1 aromatic heterocycles. The van der Waals surface area contributed by atoms with Gasteiger partial charge in [-0.3, -0.25) is 4.79 Å². The van der Waals surface area contributed by atoms with Crippen LogP contribution in [0.15, 0.2) is 48.8 Å². The summed E-state index contributed by atoms with van der Waals surface area (Å²) < 4.78 is 15.4. The lowest BCUT2D eigenvalue weighted by molar-refractivity contribution is 0.0723. The average Bonchev–Trinajstić information content (AvgIpc) is 3.42. The largest absolute Gasteiger partial charge is 0.329 e. The van der Waals surface area contributed by atoms with Crippen molar-refractivity contribution in [2.45, 2.75) is 52.7 Å². The first-order chi connectivity index (χ1) is 13.9. The van der Waals surface area contributed by atoms with Gasteiger partial charge in [-0.15, -0.1) is 0 Å². The Morgan fingerprint density at radius 1 is 1.14 bits per heavy atom. The van der Waals surface area contributed by atoms with E-state index < -0.39 is 0 Å². The van der Waals surface area contributed by atoms with Gasteiger partial charge in [0.25, 0.3) is 5.91 Å². The molecule has 4 nitrogen and oxygen atoms in total. The van der Waals surface area contributed by atoms with Crippen LogP contribution in [0.5, 0.6) is 0 Å². The van der Waals surface area contributed by atoms with Crippen molar-refractivity contribution < 1.29 is 9.18 Å². The van der Waals surface area contributed by atoms with Gasteiger partial charge < -0.3 is 9.47 Å². The SMILES string of the molecule is Cc1cc(C)c(Cn2ccnc2CN(C(=O)c2ccc(F)cc2)C2CC2)c(C)c1. The van der Waals surface area contributed by atoms with Gasteiger partial charge in [-0.25, -0.2) is 9.37 Å². The molecule has 1 amide bonds. The van der Waals surface area contributed by atoms with E-state index in [0.717, 1.165) is 25.2 Å². The first-order valence-corrected chi connectivity index (χ1v) is 10.1. The quantitative estimate of drug-likeness (QED) is 0.605. The van der Waals surface area contributed by atoms with Crippen molar-refractivity contribution in [3.8, 4) is 0 Å². The lowest BCUT2D eigenvalue weighted by Crippen LogP contribution is -2.33. The molecule has 29 heavy (non-hydrogen) atoms. The van der Waals surface area contributed by atoms with Crippen molar-refractivity contribution in [1.29, 1.82) is 0 Å². The van der Waals surface area contributed by atoms with Crippen LogP contribution in [-0.4, -0.2) is 26.4 Å². The number of benzene rings is 2. The average molecular weight is 391 g/mol. The summed E-state index contributed by atoms with van der Waals surface area (Å²) >= 11 is 0. The Morgan fingerprint density at radius 3 is 2.41 bits per heavy atom. The monoisotopic (exact) mass is 391 g/mol. The lowest BCUT2D eigenvalue weighted by atomic mass is 10.00. The highest BCUT2D eigenvalue weighted by molar-refractivity contribution is 5.94. The van der Waals surface area contributed by atoms with Crippen LogP contribution < -0.4 is 0 Å². The van der Waals surface area contributed by atoms with E-state index in [1.807, 2.05) is 11.1 Å². The van der Waals surface area contributed by atoms with Gasteiger partial charge in [0.2, 0.25) is 0 Å². The fraction of sp³-hybridized carbons (Fsp3) is 0.333. The summed E-state index contributed by atoms with van der Waals surface area (Å²) in [5.41, 5.74) is 5.60. The predicted octanol–water partition coefficient (Wildman–Crippen LogP) is 4.80. The van der Waals surface area contributed by atoms with E-state index in [0.29, 0.717) is 12.1 Å². The highest BCUT2D eigenvalue weighted by atomic mass is 19.1. The molecule has 0 atom stereocenters. The molecule has 5 heteroatoms. The van der Waals surface area contributed by atoms with E-state index in [4.69, 9.17) is 0 Å². The standard InChI is InChI=1S/C24H26FN3O/c1-16-12-17(2)22(18(3)13-16)14-27-11-10-26-23(27)15-28(21-8-9-21)24(29)19-4-6-20(25)7-5-19/h4-7,10-13,21H,8-9,14-15H2,1-3H3. The number of hydrogen-bond donors (Lipinski definition) is 0. The molecule has 1 heterocycles. The summed E-state index contributed by atoms with van der Waals surface area (Å²) in [5, 5.41) is 0. The van der Waals surface area contributed by atoms with Crippen LogP contribution in [0.1, 0.15) is 51.3 Å². The second kappa shape index (κ2) is 7.82. The molecule has 1 aliphatic carbocycles. The molecule has 0 saturated heterocycles. The smallest absolute Gasteiger partial charge is 0.254 e. The Labute approximate surface area is 171 Å². The van der Waals surface area contributed by atoms with Gasteiger partial charge in [-0.1, -0.05) is 17.7 Å². The zero-order valence-electron chi connectivity index (χ0n) is 17.2. The molecule has 1 saturated carbocycles. The Bertz CT molecular complexity index is 1010. The van der Waals surface area contributed by atoms with Crippen LogP contribution in [0.3, 0.4) is 0 Å². The molecule has 0 spiro atoms. The molecule has 3 aromatic rings. The van der Waals surface area contributed by atoms with Crippen LogP contribution in [0.25, 0.3) is 0 Å². The number of aromatic nitrogens is 2. The van der Waals surface area contributed by atoms with Crippen molar-refractivity contribution in [1.82, 2.24) is 14.5 Å². The molecular weight excluding hydrogens is 365 g/mol. The van der Waals surface area contributed by atoms with Crippen molar-refractivity contribution in [3.05, 3.63) is 88.3 Å². The summed E-state index contributed by atoms with van der Waals surface area (Å²) in [5.74, 6) is 0.468. The zero-order valence-corrected chi connectivity index (χ0v) is 17.2. The minimum Gasteiger partial charge on any atom is -0.329 e. The minimum absolute atomic E-state index is 0.0650. The van der Waals surface area contributed by atoms with Crippen molar-refractivity contribution >= 4 is 5.91 Å². The van der Waals surface area contributed by atoms with Gasteiger partial charge in [-0.05, 0) is 74.6 Å². The number of rotatable bonds is 6. The normalized spacial score (nSPS) is 13.5. The molecule has 1 aliphatic rings. The summed E-state index contributed by atoms with van der Waals surface area (Å²) in [6.07, 6.45) is 5.77. The molecule has 1 fully saturated rings. The predicted molar refractivity (Wildman–Crippen MR) is 111 cm³/mol. The molecule has 2 aromatic carbocycles. The molecule has 4 rings (SSSR count). The maximum Gasteiger partial charge on any atom is 0.254 e. The number of amides is 1. The maximum absolute atomic E-state index is 13.2. The van der Waals surface area contributed by atoms with E-state index in [9.17, 15) is 9.18 Å². The molecule has 0 bridgehead atoms. The number of halogens is 1. The Balaban J connectivity index is 1.57. The van der Waals surface area contributed by atoms with Gasteiger partial charge in [-0.2, -0.15) is 0 Å². The van der Waals surface area contributed by atoms with Crippen LogP contribution in [-0.2, 0) is 13.1 Å². The van der Waals surface area contributed by atoms with Crippen LogP contribution in [0.4, 0.5) is 4.39 Å². The number of carbonyl (C=O) groups is 1. The van der Waals surface area contributed by atoms with Gasteiger partial charge >= 0.3 is 0 Å². The number of imidazole rings is 1. The first kappa shape index (κ1) is 19.4. The van der Waals surface area contributed by atoms with E-state index >= 15 is 0 Å².